The van der Waals surface area contributed by atoms with Gasteiger partial charge in [-0.2, -0.15) is 0 Å². The van der Waals surface area contributed by atoms with E-state index in [0.717, 1.165) is 17.8 Å². The molecule has 1 amide bonds. The van der Waals surface area contributed by atoms with Crippen molar-refractivity contribution in [1.29, 1.82) is 0 Å². The van der Waals surface area contributed by atoms with Gasteiger partial charge < -0.3 is 9.32 Å². The first-order valence-corrected chi connectivity index (χ1v) is 9.29. The minimum atomic E-state index is -0.305. The molecule has 0 radical (unpaired) electrons. The second kappa shape index (κ2) is 6.95. The number of thiazole rings is 1. The summed E-state index contributed by atoms with van der Waals surface area (Å²) in [5, 5.41) is 10.9. The molecular weight excluding hydrogens is 355 g/mol. The van der Waals surface area contributed by atoms with Crippen LogP contribution in [0.5, 0.6) is 0 Å². The zero-order valence-electron chi connectivity index (χ0n) is 14.2. The highest BCUT2D eigenvalue weighted by Gasteiger charge is 2.28. The first-order valence-electron chi connectivity index (χ1n) is 8.41. The summed E-state index contributed by atoms with van der Waals surface area (Å²) in [6.45, 7) is 3.16. The van der Waals surface area contributed by atoms with Crippen LogP contribution < -0.4 is 0 Å². The molecule has 2 aromatic heterocycles. The Morgan fingerprint density at radius 3 is 2.62 bits per heavy atom. The van der Waals surface area contributed by atoms with Gasteiger partial charge >= 0.3 is 0 Å². The number of halogens is 1. The molecule has 0 bridgehead atoms. The fourth-order valence-corrected chi connectivity index (χ4v) is 3.65. The van der Waals surface area contributed by atoms with Gasteiger partial charge in [0.2, 0.25) is 11.8 Å². The minimum absolute atomic E-state index is 0.0228. The average Bonchev–Trinajstić information content (AvgIpc) is 3.31. The molecule has 1 aliphatic rings. The third-order valence-electron chi connectivity index (χ3n) is 4.50. The Bertz CT molecular complexity index is 913. The van der Waals surface area contributed by atoms with Gasteiger partial charge in [-0.3, -0.25) is 4.79 Å². The second-order valence-corrected chi connectivity index (χ2v) is 7.33. The molecule has 6 nitrogen and oxygen atoms in total. The number of hydrogen-bond donors (Lipinski definition) is 0. The molecule has 1 saturated heterocycles. The van der Waals surface area contributed by atoms with Gasteiger partial charge in [0.15, 0.2) is 0 Å². The molecule has 4 rings (SSSR count). The Kier molecular flexibility index (Phi) is 4.50. The smallest absolute Gasteiger partial charge is 0.273 e. The maximum Gasteiger partial charge on any atom is 0.273 e. The zero-order chi connectivity index (χ0) is 18.1. The highest BCUT2D eigenvalue weighted by Crippen LogP contribution is 2.30. The number of rotatable bonds is 3. The van der Waals surface area contributed by atoms with Gasteiger partial charge in [-0.1, -0.05) is 0 Å². The SMILES string of the molecule is Cc1nc(C(=O)N2CCC(c3nnc(-c4ccc(F)cc4)o3)CC2)cs1. The van der Waals surface area contributed by atoms with Crippen molar-refractivity contribution < 1.29 is 13.6 Å². The number of aryl methyl sites for hydroxylation is 1. The summed E-state index contributed by atoms with van der Waals surface area (Å²) >= 11 is 1.48. The van der Waals surface area contributed by atoms with E-state index in [1.54, 1.807) is 17.5 Å². The van der Waals surface area contributed by atoms with Crippen LogP contribution >= 0.6 is 11.3 Å². The van der Waals surface area contributed by atoms with Gasteiger partial charge in [0, 0.05) is 30.0 Å². The van der Waals surface area contributed by atoms with E-state index in [4.69, 9.17) is 4.42 Å². The number of carbonyl (C=O) groups is 1. The van der Waals surface area contributed by atoms with Crippen molar-refractivity contribution in [1.82, 2.24) is 20.1 Å². The summed E-state index contributed by atoms with van der Waals surface area (Å²) in [6.07, 6.45) is 1.53. The van der Waals surface area contributed by atoms with Crippen LogP contribution in [0.15, 0.2) is 34.1 Å². The van der Waals surface area contributed by atoms with E-state index in [1.165, 1.54) is 23.5 Å². The Morgan fingerprint density at radius 2 is 1.96 bits per heavy atom. The molecule has 26 heavy (non-hydrogen) atoms. The quantitative estimate of drug-likeness (QED) is 0.702. The van der Waals surface area contributed by atoms with Crippen molar-refractivity contribution in [2.45, 2.75) is 25.7 Å². The molecule has 1 aromatic carbocycles. The molecule has 1 aliphatic heterocycles. The summed E-state index contributed by atoms with van der Waals surface area (Å²) in [5.41, 5.74) is 1.21. The summed E-state index contributed by atoms with van der Waals surface area (Å²) in [4.78, 5) is 18.5. The predicted octanol–water partition coefficient (Wildman–Crippen LogP) is 3.66. The molecule has 0 saturated carbocycles. The number of benzene rings is 1. The van der Waals surface area contributed by atoms with E-state index in [9.17, 15) is 9.18 Å². The van der Waals surface area contributed by atoms with Gasteiger partial charge in [0.05, 0.1) is 5.01 Å². The number of aromatic nitrogens is 3. The van der Waals surface area contributed by atoms with Crippen LogP contribution in [0.3, 0.4) is 0 Å². The predicted molar refractivity (Wildman–Crippen MR) is 94.4 cm³/mol. The van der Waals surface area contributed by atoms with Gasteiger partial charge in [-0.05, 0) is 44.0 Å². The van der Waals surface area contributed by atoms with Crippen LogP contribution in [0.2, 0.25) is 0 Å². The van der Waals surface area contributed by atoms with E-state index >= 15 is 0 Å². The fourth-order valence-electron chi connectivity index (χ4n) is 3.06. The van der Waals surface area contributed by atoms with Crippen LogP contribution in [0.1, 0.15) is 40.1 Å². The molecule has 8 heteroatoms. The van der Waals surface area contributed by atoms with Gasteiger partial charge in [0.25, 0.3) is 5.91 Å². The molecule has 3 aromatic rings. The molecule has 0 aliphatic carbocycles. The highest BCUT2D eigenvalue weighted by atomic mass is 32.1. The van der Waals surface area contributed by atoms with Gasteiger partial charge in [-0.15, -0.1) is 21.5 Å². The van der Waals surface area contributed by atoms with E-state index in [2.05, 4.69) is 15.2 Å². The topological polar surface area (TPSA) is 72.1 Å². The minimum Gasteiger partial charge on any atom is -0.420 e. The third-order valence-corrected chi connectivity index (χ3v) is 5.27. The Hall–Kier alpha value is -2.61. The van der Waals surface area contributed by atoms with Crippen molar-refractivity contribution in [3.8, 4) is 11.5 Å². The summed E-state index contributed by atoms with van der Waals surface area (Å²) in [5.74, 6) is 0.751. The third kappa shape index (κ3) is 3.37. The van der Waals surface area contributed by atoms with Gasteiger partial charge in [0.1, 0.15) is 11.5 Å². The maximum atomic E-state index is 13.0. The Labute approximate surface area is 153 Å². The number of hydrogen-bond acceptors (Lipinski definition) is 6. The highest BCUT2D eigenvalue weighted by molar-refractivity contribution is 7.09. The van der Waals surface area contributed by atoms with E-state index < -0.39 is 0 Å². The zero-order valence-corrected chi connectivity index (χ0v) is 15.0. The number of likely N-dealkylation sites (tertiary alicyclic amines) is 1. The van der Waals surface area contributed by atoms with Crippen molar-refractivity contribution in [3.05, 3.63) is 52.1 Å². The number of nitrogens with zero attached hydrogens (tertiary/aromatic N) is 4. The van der Waals surface area contributed by atoms with Crippen molar-refractivity contribution >= 4 is 17.2 Å². The van der Waals surface area contributed by atoms with Crippen LogP contribution in [0.25, 0.3) is 11.5 Å². The molecule has 3 heterocycles. The van der Waals surface area contributed by atoms with Crippen LogP contribution in [0.4, 0.5) is 4.39 Å². The number of amides is 1. The lowest BCUT2D eigenvalue weighted by molar-refractivity contribution is 0.0701. The molecule has 1 fully saturated rings. The Balaban J connectivity index is 1.40. The molecule has 0 atom stereocenters. The lowest BCUT2D eigenvalue weighted by atomic mass is 9.96. The van der Waals surface area contributed by atoms with Crippen LogP contribution in [0, 0.1) is 12.7 Å². The first-order chi connectivity index (χ1) is 12.6. The maximum absolute atomic E-state index is 13.0. The first kappa shape index (κ1) is 16.8. The summed E-state index contributed by atoms with van der Waals surface area (Å²) in [7, 11) is 0. The molecule has 0 unspecified atom stereocenters. The molecule has 0 N–H and O–H groups in total. The lowest BCUT2D eigenvalue weighted by Crippen LogP contribution is -2.38. The molecule has 134 valence electrons. The average molecular weight is 372 g/mol. The van der Waals surface area contributed by atoms with Crippen LogP contribution in [-0.2, 0) is 0 Å². The largest absolute Gasteiger partial charge is 0.420 e. The van der Waals surface area contributed by atoms with E-state index in [1.807, 2.05) is 11.8 Å². The standard InChI is InChI=1S/C18H17FN4O2S/c1-11-20-15(10-26-11)18(24)23-8-6-13(7-9-23)17-22-21-16(25-17)12-2-4-14(19)5-3-12/h2-5,10,13H,6-9H2,1H3. The number of carbonyl (C=O) groups excluding carboxylic acids is 1. The number of piperidine rings is 1. The lowest BCUT2D eigenvalue weighted by Gasteiger charge is -2.29. The monoisotopic (exact) mass is 372 g/mol. The normalized spacial score (nSPS) is 15.4. The van der Waals surface area contributed by atoms with E-state index in [-0.39, 0.29) is 17.6 Å². The van der Waals surface area contributed by atoms with Gasteiger partial charge in [-0.25, -0.2) is 9.37 Å². The Morgan fingerprint density at radius 1 is 1.23 bits per heavy atom. The molecular formula is C18H17FN4O2S. The van der Waals surface area contributed by atoms with Crippen molar-refractivity contribution in [2.24, 2.45) is 0 Å². The molecule has 0 spiro atoms. The van der Waals surface area contributed by atoms with Crippen molar-refractivity contribution in [3.63, 3.8) is 0 Å². The summed E-state index contributed by atoms with van der Waals surface area (Å²) < 4.78 is 18.8. The summed E-state index contributed by atoms with van der Waals surface area (Å²) in [6, 6.07) is 5.96. The van der Waals surface area contributed by atoms with E-state index in [0.29, 0.717) is 36.1 Å². The second-order valence-electron chi connectivity index (χ2n) is 6.27. The fraction of sp³-hybridized carbons (Fsp3) is 0.333. The van der Waals surface area contributed by atoms with Crippen molar-refractivity contribution in [2.75, 3.05) is 13.1 Å². The van der Waals surface area contributed by atoms with Crippen LogP contribution in [-0.4, -0.2) is 39.1 Å².